The molecule has 1 atom stereocenters. The summed E-state index contributed by atoms with van der Waals surface area (Å²) in [7, 11) is 3.14. The van der Waals surface area contributed by atoms with Crippen molar-refractivity contribution >= 4 is 6.03 Å². The van der Waals surface area contributed by atoms with Crippen LogP contribution in [0.3, 0.4) is 0 Å². The van der Waals surface area contributed by atoms with E-state index in [1.807, 2.05) is 25.1 Å². The van der Waals surface area contributed by atoms with Gasteiger partial charge in [-0.2, -0.15) is 0 Å². The summed E-state index contributed by atoms with van der Waals surface area (Å²) < 4.78 is 10.4. The predicted octanol–water partition coefficient (Wildman–Crippen LogP) is 2.97. The van der Waals surface area contributed by atoms with Crippen LogP contribution in [0.15, 0.2) is 42.5 Å². The summed E-state index contributed by atoms with van der Waals surface area (Å²) in [5.41, 5.74) is 1.73. The third-order valence-corrected chi connectivity index (χ3v) is 3.62. The molecule has 0 heterocycles. The van der Waals surface area contributed by atoms with Gasteiger partial charge in [-0.15, -0.1) is 0 Å². The second-order valence-corrected chi connectivity index (χ2v) is 5.33. The lowest BCUT2D eigenvalue weighted by Crippen LogP contribution is -2.36. The number of amides is 2. The van der Waals surface area contributed by atoms with Gasteiger partial charge < -0.3 is 25.2 Å². The summed E-state index contributed by atoms with van der Waals surface area (Å²) in [5.74, 6) is 1.43. The number of phenolic OH excluding ortho intramolecular Hbond substituents is 1. The zero-order chi connectivity index (χ0) is 17.5. The van der Waals surface area contributed by atoms with Crippen molar-refractivity contribution in [3.63, 3.8) is 0 Å². The van der Waals surface area contributed by atoms with Gasteiger partial charge in [0.05, 0.1) is 20.3 Å². The molecule has 2 amide bonds. The van der Waals surface area contributed by atoms with E-state index >= 15 is 0 Å². The number of ether oxygens (including phenoxy) is 2. The van der Waals surface area contributed by atoms with Crippen LogP contribution in [0.2, 0.25) is 0 Å². The average Bonchev–Trinajstić information content (AvgIpc) is 2.59. The Morgan fingerprint density at radius 1 is 1.12 bits per heavy atom. The molecule has 0 bridgehead atoms. The van der Waals surface area contributed by atoms with Crippen LogP contribution in [0.25, 0.3) is 0 Å². The molecule has 0 fully saturated rings. The summed E-state index contributed by atoms with van der Waals surface area (Å²) in [6.07, 6.45) is 0. The number of methoxy groups -OCH3 is 2. The standard InChI is InChI=1S/C18H22N2O4/c1-12(14-5-4-6-15(21)10-14)20-18(22)19-11-13-7-8-16(23-2)17(9-13)24-3/h4-10,12,21H,11H2,1-3H3,(H2,19,20,22)/t12-/m0/s1. The number of carbonyl (C=O) groups excluding carboxylic acids is 1. The Labute approximate surface area is 141 Å². The van der Waals surface area contributed by atoms with E-state index in [1.54, 1.807) is 38.5 Å². The monoisotopic (exact) mass is 330 g/mol. The lowest BCUT2D eigenvalue weighted by Gasteiger charge is -2.16. The number of hydrogen-bond donors (Lipinski definition) is 3. The fraction of sp³-hybridized carbons (Fsp3) is 0.278. The predicted molar refractivity (Wildman–Crippen MR) is 91.4 cm³/mol. The van der Waals surface area contributed by atoms with E-state index in [0.717, 1.165) is 11.1 Å². The van der Waals surface area contributed by atoms with Crippen LogP contribution in [0, 0.1) is 0 Å². The minimum atomic E-state index is -0.291. The molecule has 0 aliphatic rings. The molecule has 2 rings (SSSR count). The maximum Gasteiger partial charge on any atom is 0.315 e. The van der Waals surface area contributed by atoms with Gasteiger partial charge in [0.15, 0.2) is 11.5 Å². The lowest BCUT2D eigenvalue weighted by atomic mass is 10.1. The Bertz CT molecular complexity index is 703. The Kier molecular flexibility index (Phi) is 5.89. The van der Waals surface area contributed by atoms with E-state index < -0.39 is 0 Å². The Hall–Kier alpha value is -2.89. The molecule has 3 N–H and O–H groups in total. The van der Waals surface area contributed by atoms with Crippen molar-refractivity contribution in [2.45, 2.75) is 19.5 Å². The first-order valence-corrected chi connectivity index (χ1v) is 7.57. The van der Waals surface area contributed by atoms with Crippen molar-refractivity contribution < 1.29 is 19.4 Å². The first-order chi connectivity index (χ1) is 11.5. The smallest absolute Gasteiger partial charge is 0.315 e. The summed E-state index contributed by atoms with van der Waals surface area (Å²) in [4.78, 5) is 12.0. The number of nitrogens with one attached hydrogen (secondary N) is 2. The van der Waals surface area contributed by atoms with Crippen LogP contribution in [0.1, 0.15) is 24.1 Å². The number of aromatic hydroxyl groups is 1. The van der Waals surface area contributed by atoms with Gasteiger partial charge in [-0.3, -0.25) is 0 Å². The molecule has 0 radical (unpaired) electrons. The maximum atomic E-state index is 12.0. The highest BCUT2D eigenvalue weighted by molar-refractivity contribution is 5.74. The molecule has 0 saturated carbocycles. The molecule has 0 unspecified atom stereocenters. The van der Waals surface area contributed by atoms with E-state index in [9.17, 15) is 9.90 Å². The molecule has 0 spiro atoms. The Morgan fingerprint density at radius 3 is 2.54 bits per heavy atom. The first kappa shape index (κ1) is 17.5. The van der Waals surface area contributed by atoms with Crippen molar-refractivity contribution in [2.24, 2.45) is 0 Å². The van der Waals surface area contributed by atoms with Gasteiger partial charge in [-0.25, -0.2) is 4.79 Å². The van der Waals surface area contributed by atoms with Gasteiger partial charge in [0.25, 0.3) is 0 Å². The van der Waals surface area contributed by atoms with Crippen molar-refractivity contribution in [3.05, 3.63) is 53.6 Å². The fourth-order valence-corrected chi connectivity index (χ4v) is 2.30. The quantitative estimate of drug-likeness (QED) is 0.761. The normalized spacial score (nSPS) is 11.5. The molecule has 0 aliphatic heterocycles. The van der Waals surface area contributed by atoms with Gasteiger partial charge >= 0.3 is 6.03 Å². The molecule has 2 aromatic rings. The number of urea groups is 1. The highest BCUT2D eigenvalue weighted by atomic mass is 16.5. The topological polar surface area (TPSA) is 79.8 Å². The second-order valence-electron chi connectivity index (χ2n) is 5.33. The van der Waals surface area contributed by atoms with Gasteiger partial charge in [-0.05, 0) is 42.3 Å². The summed E-state index contributed by atoms with van der Waals surface area (Å²) in [5, 5.41) is 15.1. The average molecular weight is 330 g/mol. The lowest BCUT2D eigenvalue weighted by molar-refractivity contribution is 0.237. The second kappa shape index (κ2) is 8.10. The highest BCUT2D eigenvalue weighted by Gasteiger charge is 2.10. The van der Waals surface area contributed by atoms with Crippen LogP contribution in [0.5, 0.6) is 17.2 Å². The van der Waals surface area contributed by atoms with Crippen LogP contribution in [-0.2, 0) is 6.54 Å². The third-order valence-electron chi connectivity index (χ3n) is 3.62. The van der Waals surface area contributed by atoms with E-state index in [0.29, 0.717) is 18.0 Å². The zero-order valence-corrected chi connectivity index (χ0v) is 14.0. The van der Waals surface area contributed by atoms with Crippen molar-refractivity contribution in [3.8, 4) is 17.2 Å². The van der Waals surface area contributed by atoms with E-state index in [1.165, 1.54) is 0 Å². The van der Waals surface area contributed by atoms with Gasteiger partial charge in [0.1, 0.15) is 5.75 Å². The fourth-order valence-electron chi connectivity index (χ4n) is 2.30. The number of rotatable bonds is 6. The van der Waals surface area contributed by atoms with Crippen LogP contribution < -0.4 is 20.1 Å². The summed E-state index contributed by atoms with van der Waals surface area (Å²) >= 11 is 0. The number of phenols is 1. The molecule has 0 saturated heterocycles. The summed E-state index contributed by atoms with van der Waals surface area (Å²) in [6.45, 7) is 2.21. The van der Waals surface area contributed by atoms with Crippen LogP contribution in [0.4, 0.5) is 4.79 Å². The largest absolute Gasteiger partial charge is 0.508 e. The first-order valence-electron chi connectivity index (χ1n) is 7.57. The molecule has 24 heavy (non-hydrogen) atoms. The zero-order valence-electron chi connectivity index (χ0n) is 14.0. The van der Waals surface area contributed by atoms with Crippen molar-refractivity contribution in [1.82, 2.24) is 10.6 Å². The van der Waals surface area contributed by atoms with Crippen LogP contribution in [-0.4, -0.2) is 25.4 Å². The molecule has 6 nitrogen and oxygen atoms in total. The third kappa shape index (κ3) is 4.55. The Morgan fingerprint density at radius 2 is 1.88 bits per heavy atom. The number of carbonyl (C=O) groups is 1. The molecule has 128 valence electrons. The van der Waals surface area contributed by atoms with Crippen molar-refractivity contribution in [2.75, 3.05) is 14.2 Å². The van der Waals surface area contributed by atoms with Crippen LogP contribution >= 0.6 is 0 Å². The van der Waals surface area contributed by atoms with E-state index in [-0.39, 0.29) is 17.8 Å². The molecule has 2 aromatic carbocycles. The summed E-state index contributed by atoms with van der Waals surface area (Å²) in [6, 6.07) is 11.8. The minimum Gasteiger partial charge on any atom is -0.508 e. The van der Waals surface area contributed by atoms with Gasteiger partial charge in [0.2, 0.25) is 0 Å². The van der Waals surface area contributed by atoms with E-state index in [4.69, 9.17) is 9.47 Å². The van der Waals surface area contributed by atoms with Crippen molar-refractivity contribution in [1.29, 1.82) is 0 Å². The number of benzene rings is 2. The highest BCUT2D eigenvalue weighted by Crippen LogP contribution is 2.27. The molecule has 6 heteroatoms. The molecular weight excluding hydrogens is 308 g/mol. The minimum absolute atomic E-state index is 0.173. The van der Waals surface area contributed by atoms with E-state index in [2.05, 4.69) is 10.6 Å². The SMILES string of the molecule is COc1ccc(CNC(=O)N[C@@H](C)c2cccc(O)c2)cc1OC. The molecular formula is C18H22N2O4. The van der Waals surface area contributed by atoms with Gasteiger partial charge in [0, 0.05) is 6.54 Å². The molecule has 0 aliphatic carbocycles. The Balaban J connectivity index is 1.91. The number of hydrogen-bond acceptors (Lipinski definition) is 4. The van der Waals surface area contributed by atoms with Gasteiger partial charge in [-0.1, -0.05) is 18.2 Å². The molecule has 0 aromatic heterocycles. The maximum absolute atomic E-state index is 12.0.